The number of aromatic nitrogens is 1. The molecule has 0 fully saturated rings. The molecule has 0 unspecified atom stereocenters. The second kappa shape index (κ2) is 6.40. The summed E-state index contributed by atoms with van der Waals surface area (Å²) in [6, 6.07) is 11.0. The Labute approximate surface area is 158 Å². The molecule has 1 aromatic heterocycles. The van der Waals surface area contributed by atoms with E-state index in [2.05, 4.69) is 5.32 Å². The van der Waals surface area contributed by atoms with Crippen LogP contribution in [0.25, 0.3) is 10.9 Å². The molecule has 0 saturated carbocycles. The van der Waals surface area contributed by atoms with E-state index < -0.39 is 23.7 Å². The van der Waals surface area contributed by atoms with Gasteiger partial charge in [-0.2, -0.15) is 13.2 Å². The van der Waals surface area contributed by atoms with Gasteiger partial charge in [-0.3, -0.25) is 9.69 Å². The van der Waals surface area contributed by atoms with Crippen molar-refractivity contribution >= 4 is 28.5 Å². The molecule has 5 nitrogen and oxygen atoms in total. The first-order chi connectivity index (χ1) is 13.3. The van der Waals surface area contributed by atoms with E-state index in [1.54, 1.807) is 0 Å². The Morgan fingerprint density at radius 2 is 1.86 bits per heavy atom. The maximum Gasteiger partial charge on any atom is 0.416 e. The maximum absolute atomic E-state index is 13.0. The third-order valence-electron chi connectivity index (χ3n) is 4.95. The van der Waals surface area contributed by atoms with Gasteiger partial charge >= 0.3 is 12.2 Å². The van der Waals surface area contributed by atoms with Crippen LogP contribution in [0.3, 0.4) is 0 Å². The van der Waals surface area contributed by atoms with Crippen LogP contribution in [0.15, 0.2) is 48.5 Å². The number of aryl methyl sites for hydroxylation is 1. The molecule has 28 heavy (non-hydrogen) atoms. The number of nitrogens with zero attached hydrogens (tertiary/aromatic N) is 2. The van der Waals surface area contributed by atoms with E-state index in [4.69, 9.17) is 0 Å². The average Bonchev–Trinajstić information content (AvgIpc) is 2.95. The summed E-state index contributed by atoms with van der Waals surface area (Å²) >= 11 is 0. The molecule has 0 spiro atoms. The van der Waals surface area contributed by atoms with Gasteiger partial charge in [0.15, 0.2) is 0 Å². The van der Waals surface area contributed by atoms with Crippen LogP contribution in [0.1, 0.15) is 21.6 Å². The molecule has 0 atom stereocenters. The number of halogens is 3. The molecule has 4 rings (SSSR count). The number of nitrogens with one attached hydrogen (secondary N) is 1. The molecular formula is C20H16F3N3O2. The first-order valence-electron chi connectivity index (χ1n) is 8.64. The van der Waals surface area contributed by atoms with Crippen LogP contribution in [0, 0.1) is 0 Å². The van der Waals surface area contributed by atoms with Gasteiger partial charge in [-0.15, -0.1) is 0 Å². The zero-order chi connectivity index (χ0) is 20.1. The van der Waals surface area contributed by atoms with Gasteiger partial charge in [0.05, 0.1) is 11.1 Å². The molecule has 144 valence electrons. The molecule has 1 aliphatic heterocycles. The van der Waals surface area contributed by atoms with Crippen molar-refractivity contribution in [2.75, 3.05) is 11.9 Å². The highest BCUT2D eigenvalue weighted by Gasteiger charge is 2.34. The fourth-order valence-electron chi connectivity index (χ4n) is 3.59. The fraction of sp³-hybridized carbons (Fsp3) is 0.200. The van der Waals surface area contributed by atoms with Crippen molar-refractivity contribution in [3.05, 3.63) is 65.4 Å². The van der Waals surface area contributed by atoms with E-state index in [0.29, 0.717) is 12.0 Å². The van der Waals surface area contributed by atoms with Gasteiger partial charge in [0.1, 0.15) is 0 Å². The SMILES string of the molecule is Cn1c2c(c3ccccc31)C(=O)N(C(=O)Nc1cccc(C(F)(F)F)c1)CC2. The van der Waals surface area contributed by atoms with Gasteiger partial charge in [0.25, 0.3) is 5.91 Å². The minimum absolute atomic E-state index is 0.0173. The number of rotatable bonds is 1. The van der Waals surface area contributed by atoms with Crippen LogP contribution in [0.4, 0.5) is 23.7 Å². The number of urea groups is 1. The molecule has 8 heteroatoms. The van der Waals surface area contributed by atoms with Crippen molar-refractivity contribution in [2.45, 2.75) is 12.6 Å². The quantitative estimate of drug-likeness (QED) is 0.672. The standard InChI is InChI=1S/C20H16F3N3O2/c1-25-15-8-3-2-7-14(15)17-16(25)9-10-26(18(17)27)19(28)24-13-6-4-5-12(11-13)20(21,22)23/h2-8,11H,9-10H2,1H3,(H,24,28). The van der Waals surface area contributed by atoms with Crippen molar-refractivity contribution < 1.29 is 22.8 Å². The van der Waals surface area contributed by atoms with Crippen molar-refractivity contribution in [3.63, 3.8) is 0 Å². The number of imide groups is 1. The number of hydrogen-bond donors (Lipinski definition) is 1. The Hall–Kier alpha value is -3.29. The second-order valence-electron chi connectivity index (χ2n) is 6.61. The molecule has 0 radical (unpaired) electrons. The summed E-state index contributed by atoms with van der Waals surface area (Å²) < 4.78 is 40.5. The summed E-state index contributed by atoms with van der Waals surface area (Å²) in [5, 5.41) is 3.15. The second-order valence-corrected chi connectivity index (χ2v) is 6.61. The third kappa shape index (κ3) is 2.90. The highest BCUT2D eigenvalue weighted by Crippen LogP contribution is 2.32. The van der Waals surface area contributed by atoms with E-state index in [-0.39, 0.29) is 12.2 Å². The summed E-state index contributed by atoms with van der Waals surface area (Å²) in [5.74, 6) is -0.456. The minimum atomic E-state index is -4.51. The van der Waals surface area contributed by atoms with E-state index in [9.17, 15) is 22.8 Å². The predicted octanol–water partition coefficient (Wildman–Crippen LogP) is 4.43. The summed E-state index contributed by atoms with van der Waals surface area (Å²) in [6.45, 7) is 0.154. The maximum atomic E-state index is 13.0. The van der Waals surface area contributed by atoms with E-state index in [1.807, 2.05) is 35.9 Å². The Bertz CT molecular complexity index is 1100. The van der Waals surface area contributed by atoms with Gasteiger partial charge in [0.2, 0.25) is 0 Å². The smallest absolute Gasteiger partial charge is 0.347 e. The largest absolute Gasteiger partial charge is 0.416 e. The molecule has 2 aromatic carbocycles. The monoisotopic (exact) mass is 387 g/mol. The van der Waals surface area contributed by atoms with Crippen LogP contribution in [0.2, 0.25) is 0 Å². The number of fused-ring (bicyclic) bond motifs is 3. The number of carbonyl (C=O) groups is 2. The number of anilines is 1. The normalized spacial score (nSPS) is 14.3. The van der Waals surface area contributed by atoms with Crippen LogP contribution in [0.5, 0.6) is 0 Å². The lowest BCUT2D eigenvalue weighted by Gasteiger charge is -2.26. The number of hydrogen-bond acceptors (Lipinski definition) is 2. The molecule has 0 bridgehead atoms. The molecular weight excluding hydrogens is 371 g/mol. The van der Waals surface area contributed by atoms with E-state index >= 15 is 0 Å². The topological polar surface area (TPSA) is 54.3 Å². The van der Waals surface area contributed by atoms with Gasteiger partial charge in [0, 0.05) is 42.3 Å². The zero-order valence-corrected chi connectivity index (χ0v) is 14.9. The lowest BCUT2D eigenvalue weighted by Crippen LogP contribution is -2.44. The molecule has 0 saturated heterocycles. The first-order valence-corrected chi connectivity index (χ1v) is 8.64. The average molecular weight is 387 g/mol. The van der Waals surface area contributed by atoms with Gasteiger partial charge < -0.3 is 9.88 Å². The third-order valence-corrected chi connectivity index (χ3v) is 4.95. The first kappa shape index (κ1) is 18.1. The number of para-hydroxylation sites is 1. The van der Waals surface area contributed by atoms with Crippen molar-refractivity contribution in [3.8, 4) is 0 Å². The fourth-order valence-corrected chi connectivity index (χ4v) is 3.59. The summed E-state index contributed by atoms with van der Waals surface area (Å²) in [6.07, 6.45) is -4.04. The van der Waals surface area contributed by atoms with E-state index in [1.165, 1.54) is 12.1 Å². The number of benzene rings is 2. The molecule has 1 N–H and O–H groups in total. The van der Waals surface area contributed by atoms with Crippen LogP contribution >= 0.6 is 0 Å². The summed E-state index contributed by atoms with van der Waals surface area (Å²) in [4.78, 5) is 26.6. The Kier molecular flexibility index (Phi) is 4.14. The van der Waals surface area contributed by atoms with Crippen LogP contribution < -0.4 is 5.32 Å². The zero-order valence-electron chi connectivity index (χ0n) is 14.9. The Morgan fingerprint density at radius 3 is 2.61 bits per heavy atom. The summed E-state index contributed by atoms with van der Waals surface area (Å²) in [7, 11) is 1.87. The molecule has 0 aliphatic carbocycles. The van der Waals surface area contributed by atoms with Gasteiger partial charge in [-0.1, -0.05) is 24.3 Å². The number of amides is 3. The Morgan fingerprint density at radius 1 is 1.11 bits per heavy atom. The van der Waals surface area contributed by atoms with Gasteiger partial charge in [-0.05, 0) is 24.3 Å². The van der Waals surface area contributed by atoms with Crippen LogP contribution in [-0.4, -0.2) is 28.0 Å². The van der Waals surface area contributed by atoms with E-state index in [0.717, 1.165) is 33.6 Å². The van der Waals surface area contributed by atoms with Crippen molar-refractivity contribution in [1.29, 1.82) is 0 Å². The lowest BCUT2D eigenvalue weighted by molar-refractivity contribution is -0.137. The Balaban J connectivity index is 1.63. The predicted molar refractivity (Wildman–Crippen MR) is 98.1 cm³/mol. The molecule has 2 heterocycles. The molecule has 3 aromatic rings. The minimum Gasteiger partial charge on any atom is -0.347 e. The molecule has 3 amide bonds. The van der Waals surface area contributed by atoms with Crippen LogP contribution in [-0.2, 0) is 19.6 Å². The highest BCUT2D eigenvalue weighted by molar-refractivity contribution is 6.15. The number of alkyl halides is 3. The van der Waals surface area contributed by atoms with Gasteiger partial charge in [-0.25, -0.2) is 4.79 Å². The van der Waals surface area contributed by atoms with Crippen molar-refractivity contribution in [1.82, 2.24) is 9.47 Å². The lowest BCUT2D eigenvalue weighted by atomic mass is 10.0. The van der Waals surface area contributed by atoms with Crippen molar-refractivity contribution in [2.24, 2.45) is 7.05 Å². The summed E-state index contributed by atoms with van der Waals surface area (Å²) in [5.41, 5.74) is 1.31. The highest BCUT2D eigenvalue weighted by atomic mass is 19.4. The molecule has 1 aliphatic rings. The number of carbonyl (C=O) groups excluding carboxylic acids is 2.